The van der Waals surface area contributed by atoms with E-state index < -0.39 is 5.97 Å². The molecule has 13 heavy (non-hydrogen) atoms. The molecule has 0 aromatic carbocycles. The van der Waals surface area contributed by atoms with Crippen LogP contribution >= 0.6 is 0 Å². The van der Waals surface area contributed by atoms with Gasteiger partial charge in [0.1, 0.15) is 0 Å². The first-order valence-corrected chi connectivity index (χ1v) is 4.89. The van der Waals surface area contributed by atoms with Crippen LogP contribution in [0.5, 0.6) is 0 Å². The van der Waals surface area contributed by atoms with Crippen LogP contribution in [0.4, 0.5) is 0 Å². The molecule has 0 heterocycles. The molecular formula is C11H17O2. The van der Waals surface area contributed by atoms with Crippen LogP contribution in [0.2, 0.25) is 0 Å². The second kappa shape index (κ2) is 7.67. The third-order valence-electron chi connectivity index (χ3n) is 1.91. The van der Waals surface area contributed by atoms with E-state index in [0.717, 1.165) is 12.8 Å². The fourth-order valence-electron chi connectivity index (χ4n) is 1.13. The van der Waals surface area contributed by atoms with E-state index in [9.17, 15) is 9.90 Å². The van der Waals surface area contributed by atoms with Crippen molar-refractivity contribution in [1.29, 1.82) is 0 Å². The van der Waals surface area contributed by atoms with Gasteiger partial charge in [-0.2, -0.15) is 0 Å². The number of hydrogen-bond acceptors (Lipinski definition) is 1. The van der Waals surface area contributed by atoms with Gasteiger partial charge in [0.15, 0.2) is 0 Å². The first-order chi connectivity index (χ1) is 6.16. The van der Waals surface area contributed by atoms with Gasteiger partial charge in [0, 0.05) is 11.8 Å². The smallest absolute Gasteiger partial charge is 0.231 e. The highest BCUT2D eigenvalue weighted by Gasteiger charge is 1.97. The Morgan fingerprint density at radius 1 is 1.31 bits per heavy atom. The molecule has 2 nitrogen and oxygen atoms in total. The third-order valence-corrected chi connectivity index (χ3v) is 1.91. The van der Waals surface area contributed by atoms with Crippen LogP contribution in [0, 0.1) is 17.8 Å². The van der Waals surface area contributed by atoms with Crippen LogP contribution in [-0.2, 0) is 9.90 Å². The molecule has 1 atom stereocenters. The van der Waals surface area contributed by atoms with Gasteiger partial charge in [-0.1, -0.05) is 45.5 Å². The lowest BCUT2D eigenvalue weighted by Gasteiger charge is -2.01. The van der Waals surface area contributed by atoms with Gasteiger partial charge in [-0.3, -0.25) is 0 Å². The highest BCUT2D eigenvalue weighted by molar-refractivity contribution is 5.86. The van der Waals surface area contributed by atoms with Crippen LogP contribution in [0.1, 0.15) is 46.0 Å². The summed E-state index contributed by atoms with van der Waals surface area (Å²) < 4.78 is 0. The summed E-state index contributed by atoms with van der Waals surface area (Å²) in [6, 6.07) is 0. The fraction of sp³-hybridized carbons (Fsp3) is 0.727. The number of hydrogen-bond donors (Lipinski definition) is 0. The predicted octanol–water partition coefficient (Wildman–Crippen LogP) is 2.55. The zero-order valence-electron chi connectivity index (χ0n) is 8.43. The number of carbonyl (C=O) groups excluding carboxylic acids is 1. The largest absolute Gasteiger partial charge is 0.429 e. The molecule has 0 aliphatic heterocycles. The Balaban J connectivity index is 3.47. The van der Waals surface area contributed by atoms with Crippen molar-refractivity contribution in [1.82, 2.24) is 0 Å². The van der Waals surface area contributed by atoms with Crippen molar-refractivity contribution in [2.45, 2.75) is 46.0 Å². The predicted molar refractivity (Wildman–Crippen MR) is 51.4 cm³/mol. The molecule has 0 saturated heterocycles. The van der Waals surface area contributed by atoms with Gasteiger partial charge in [0.25, 0.3) is 0 Å². The molecule has 0 aliphatic carbocycles. The highest BCUT2D eigenvalue weighted by atomic mass is 16.4. The van der Waals surface area contributed by atoms with Gasteiger partial charge in [0.05, 0.1) is 0 Å². The summed E-state index contributed by atoms with van der Waals surface area (Å²) in [7, 11) is 0. The van der Waals surface area contributed by atoms with E-state index >= 15 is 0 Å². The van der Waals surface area contributed by atoms with Gasteiger partial charge in [0.2, 0.25) is 0 Å². The quantitative estimate of drug-likeness (QED) is 0.474. The molecule has 0 fully saturated rings. The summed E-state index contributed by atoms with van der Waals surface area (Å²) in [4.78, 5) is 10.00. The van der Waals surface area contributed by atoms with E-state index in [-0.39, 0.29) is 5.92 Å². The van der Waals surface area contributed by atoms with E-state index in [1.165, 1.54) is 19.3 Å². The van der Waals surface area contributed by atoms with Crippen LogP contribution in [0.15, 0.2) is 0 Å². The van der Waals surface area contributed by atoms with Crippen LogP contribution < -0.4 is 0 Å². The van der Waals surface area contributed by atoms with Crippen LogP contribution in [-0.4, -0.2) is 5.97 Å². The molecule has 1 radical (unpaired) electrons. The molecular weight excluding hydrogens is 164 g/mol. The molecule has 0 spiro atoms. The molecule has 0 N–H and O–H groups in total. The molecule has 0 bridgehead atoms. The van der Waals surface area contributed by atoms with E-state index in [1.807, 2.05) is 12.8 Å². The Morgan fingerprint density at radius 3 is 2.54 bits per heavy atom. The minimum atomic E-state index is -1.28. The summed E-state index contributed by atoms with van der Waals surface area (Å²) in [6.07, 6.45) is 5.81. The van der Waals surface area contributed by atoms with Gasteiger partial charge in [-0.25, -0.2) is 9.90 Å². The number of carbonyl (C=O) groups is 1. The Labute approximate surface area is 80.3 Å². The van der Waals surface area contributed by atoms with E-state index in [0.29, 0.717) is 0 Å². The molecule has 73 valence electrons. The van der Waals surface area contributed by atoms with E-state index in [2.05, 4.69) is 12.8 Å². The first kappa shape index (κ1) is 12.0. The lowest BCUT2D eigenvalue weighted by Crippen LogP contribution is -1.93. The maximum atomic E-state index is 10.00. The van der Waals surface area contributed by atoms with Crippen molar-refractivity contribution in [3.63, 3.8) is 0 Å². The van der Waals surface area contributed by atoms with Crippen molar-refractivity contribution in [3.8, 4) is 11.8 Å². The zero-order valence-corrected chi connectivity index (χ0v) is 8.43. The third kappa shape index (κ3) is 8.94. The minimum Gasteiger partial charge on any atom is -0.231 e. The molecule has 2 heteroatoms. The summed E-state index contributed by atoms with van der Waals surface area (Å²) >= 11 is 0. The maximum absolute atomic E-state index is 10.00. The van der Waals surface area contributed by atoms with Crippen molar-refractivity contribution in [2.24, 2.45) is 5.92 Å². The first-order valence-electron chi connectivity index (χ1n) is 4.89. The van der Waals surface area contributed by atoms with Crippen molar-refractivity contribution >= 4 is 5.97 Å². The van der Waals surface area contributed by atoms with Gasteiger partial charge in [-0.15, -0.1) is 0 Å². The lowest BCUT2D eigenvalue weighted by atomic mass is 10.0. The molecule has 0 aliphatic rings. The summed E-state index contributed by atoms with van der Waals surface area (Å²) in [5, 5.41) is 10.00. The topological polar surface area (TPSA) is 37.0 Å². The number of unbranched alkanes of at least 4 members (excludes halogenated alkanes) is 3. The van der Waals surface area contributed by atoms with Crippen LogP contribution in [0.3, 0.4) is 0 Å². The number of rotatable bonds is 5. The average Bonchev–Trinajstić information content (AvgIpc) is 2.09. The standard InChI is InChI=1S/C11H17O2/c1-3-4-5-6-7-10(2)8-9-11(12)13/h10H,3-7H2,1-2H3. The SMILES string of the molecule is CCCCCCC(C)C#CC([O])=O. The van der Waals surface area contributed by atoms with Crippen molar-refractivity contribution in [3.05, 3.63) is 0 Å². The molecule has 0 amide bonds. The summed E-state index contributed by atoms with van der Waals surface area (Å²) in [5.41, 5.74) is 0. The zero-order chi connectivity index (χ0) is 10.1. The highest BCUT2D eigenvalue weighted by Crippen LogP contribution is 2.09. The molecule has 1 unspecified atom stereocenters. The normalized spacial score (nSPS) is 11.5. The Bertz CT molecular complexity index is 198. The Kier molecular flexibility index (Phi) is 7.10. The monoisotopic (exact) mass is 181 g/mol. The van der Waals surface area contributed by atoms with E-state index in [4.69, 9.17) is 0 Å². The van der Waals surface area contributed by atoms with Gasteiger partial charge >= 0.3 is 5.97 Å². The Hall–Kier alpha value is -0.970. The fourth-order valence-corrected chi connectivity index (χ4v) is 1.13. The average molecular weight is 181 g/mol. The molecule has 0 aromatic rings. The van der Waals surface area contributed by atoms with E-state index in [1.54, 1.807) is 0 Å². The summed E-state index contributed by atoms with van der Waals surface area (Å²) in [5.74, 6) is 3.59. The van der Waals surface area contributed by atoms with Crippen molar-refractivity contribution < 1.29 is 9.90 Å². The second-order valence-electron chi connectivity index (χ2n) is 3.31. The minimum absolute atomic E-state index is 0.176. The van der Waals surface area contributed by atoms with Gasteiger partial charge < -0.3 is 0 Å². The molecule has 0 aromatic heterocycles. The van der Waals surface area contributed by atoms with Crippen LogP contribution in [0.25, 0.3) is 0 Å². The van der Waals surface area contributed by atoms with Crippen molar-refractivity contribution in [2.75, 3.05) is 0 Å². The summed E-state index contributed by atoms with van der Waals surface area (Å²) in [6.45, 7) is 4.11. The lowest BCUT2D eigenvalue weighted by molar-refractivity contribution is -0.136. The Morgan fingerprint density at radius 2 is 2.00 bits per heavy atom. The maximum Gasteiger partial charge on any atom is 0.429 e. The van der Waals surface area contributed by atoms with Gasteiger partial charge in [-0.05, 0) is 6.42 Å². The second-order valence-corrected chi connectivity index (χ2v) is 3.31. The molecule has 0 saturated carbocycles. The molecule has 0 rings (SSSR count).